The van der Waals surface area contributed by atoms with E-state index in [4.69, 9.17) is 10.2 Å². The fraction of sp³-hybridized carbons (Fsp3) is 0.176. The summed E-state index contributed by atoms with van der Waals surface area (Å²) in [4.78, 5) is 0. The normalized spacial score (nSPS) is 12.7. The average Bonchev–Trinajstić information content (AvgIpc) is 2.91. The van der Waals surface area contributed by atoms with Crippen LogP contribution in [0.5, 0.6) is 0 Å². The van der Waals surface area contributed by atoms with E-state index in [-0.39, 0.29) is 0 Å². The zero-order valence-electron chi connectivity index (χ0n) is 11.1. The Morgan fingerprint density at radius 3 is 2.80 bits per heavy atom. The highest BCUT2D eigenvalue weighted by Gasteiger charge is 2.16. The number of furan rings is 1. The van der Waals surface area contributed by atoms with E-state index in [1.807, 2.05) is 48.5 Å². The Hall–Kier alpha value is -2.10. The van der Waals surface area contributed by atoms with Gasteiger partial charge in [-0.3, -0.25) is 0 Å². The summed E-state index contributed by atoms with van der Waals surface area (Å²) >= 11 is 0. The number of nitrogens with two attached hydrogens (primary N) is 1. The molecule has 0 bridgehead atoms. The summed E-state index contributed by atoms with van der Waals surface area (Å²) in [7, 11) is 0. The summed E-state index contributed by atoms with van der Waals surface area (Å²) in [5.74, 6) is 0. The Bertz CT molecular complexity index is 718. The van der Waals surface area contributed by atoms with Gasteiger partial charge < -0.3 is 15.3 Å². The summed E-state index contributed by atoms with van der Waals surface area (Å²) in [6.07, 6.45) is 1.76. The van der Waals surface area contributed by atoms with Crippen LogP contribution < -0.4 is 5.73 Å². The van der Waals surface area contributed by atoms with Crippen LogP contribution in [-0.4, -0.2) is 11.7 Å². The van der Waals surface area contributed by atoms with Crippen LogP contribution in [0.15, 0.2) is 59.2 Å². The number of rotatable bonds is 4. The molecule has 2 aromatic carbocycles. The van der Waals surface area contributed by atoms with Crippen LogP contribution in [0.4, 0.5) is 0 Å². The highest BCUT2D eigenvalue weighted by molar-refractivity contribution is 5.81. The van der Waals surface area contributed by atoms with Gasteiger partial charge in [-0.25, -0.2) is 0 Å². The predicted molar refractivity (Wildman–Crippen MR) is 79.5 cm³/mol. The SMILES string of the molecule is NCCc1cccc(C(O)c2coc3ccccc23)c1. The van der Waals surface area contributed by atoms with Crippen molar-refractivity contribution >= 4 is 11.0 Å². The maximum Gasteiger partial charge on any atom is 0.134 e. The van der Waals surface area contributed by atoms with Crippen molar-refractivity contribution in [3.8, 4) is 0 Å². The number of aliphatic hydroxyl groups excluding tert-OH is 1. The first-order valence-electron chi connectivity index (χ1n) is 6.72. The molecule has 0 fully saturated rings. The van der Waals surface area contributed by atoms with Gasteiger partial charge in [0, 0.05) is 10.9 Å². The average molecular weight is 267 g/mol. The maximum absolute atomic E-state index is 10.6. The molecule has 3 N–H and O–H groups in total. The molecule has 0 aliphatic heterocycles. The summed E-state index contributed by atoms with van der Waals surface area (Å²) in [5.41, 5.74) is 9.17. The Morgan fingerprint density at radius 2 is 1.95 bits per heavy atom. The maximum atomic E-state index is 10.6. The van der Waals surface area contributed by atoms with E-state index < -0.39 is 6.10 Å². The summed E-state index contributed by atoms with van der Waals surface area (Å²) in [5, 5.41) is 11.5. The lowest BCUT2D eigenvalue weighted by molar-refractivity contribution is 0.220. The van der Waals surface area contributed by atoms with E-state index in [2.05, 4.69) is 0 Å². The zero-order valence-corrected chi connectivity index (χ0v) is 11.1. The molecule has 0 amide bonds. The van der Waals surface area contributed by atoms with Crippen molar-refractivity contribution in [2.75, 3.05) is 6.54 Å². The Balaban J connectivity index is 1.99. The molecule has 0 radical (unpaired) electrons. The molecular formula is C17H17NO2. The van der Waals surface area contributed by atoms with Gasteiger partial charge in [-0.2, -0.15) is 0 Å². The first kappa shape index (κ1) is 12.9. The van der Waals surface area contributed by atoms with Gasteiger partial charge in [0.25, 0.3) is 0 Å². The lowest BCUT2D eigenvalue weighted by atomic mass is 9.98. The van der Waals surface area contributed by atoms with Crippen LogP contribution in [0.2, 0.25) is 0 Å². The molecular weight excluding hydrogens is 250 g/mol. The molecule has 1 heterocycles. The quantitative estimate of drug-likeness (QED) is 0.764. The Labute approximate surface area is 117 Å². The van der Waals surface area contributed by atoms with Gasteiger partial charge in [0.1, 0.15) is 11.7 Å². The molecule has 3 heteroatoms. The van der Waals surface area contributed by atoms with Crippen molar-refractivity contribution in [3.63, 3.8) is 0 Å². The Morgan fingerprint density at radius 1 is 1.10 bits per heavy atom. The molecule has 0 aliphatic carbocycles. The lowest BCUT2D eigenvalue weighted by Crippen LogP contribution is -2.04. The third-order valence-electron chi connectivity index (χ3n) is 3.51. The third kappa shape index (κ3) is 2.33. The predicted octanol–water partition coefficient (Wildman–Crippen LogP) is 3.02. The smallest absolute Gasteiger partial charge is 0.134 e. The van der Waals surface area contributed by atoms with Crippen LogP contribution in [0.1, 0.15) is 22.8 Å². The molecule has 0 aliphatic rings. The van der Waals surface area contributed by atoms with E-state index in [0.717, 1.165) is 34.1 Å². The van der Waals surface area contributed by atoms with Crippen LogP contribution in [0.25, 0.3) is 11.0 Å². The van der Waals surface area contributed by atoms with Crippen molar-refractivity contribution in [1.29, 1.82) is 0 Å². The number of hydrogen-bond acceptors (Lipinski definition) is 3. The second-order valence-electron chi connectivity index (χ2n) is 4.87. The molecule has 1 atom stereocenters. The molecule has 1 unspecified atom stereocenters. The minimum absolute atomic E-state index is 0.605. The molecule has 1 aromatic heterocycles. The Kier molecular flexibility index (Phi) is 3.54. The molecule has 0 spiro atoms. The lowest BCUT2D eigenvalue weighted by Gasteiger charge is -2.11. The number of hydrogen-bond donors (Lipinski definition) is 2. The van der Waals surface area contributed by atoms with Crippen molar-refractivity contribution in [2.24, 2.45) is 5.73 Å². The monoisotopic (exact) mass is 267 g/mol. The van der Waals surface area contributed by atoms with Crippen molar-refractivity contribution in [1.82, 2.24) is 0 Å². The minimum Gasteiger partial charge on any atom is -0.464 e. The summed E-state index contributed by atoms with van der Waals surface area (Å²) in [6, 6.07) is 15.6. The number of fused-ring (bicyclic) bond motifs is 1. The second kappa shape index (κ2) is 5.49. The molecule has 3 nitrogen and oxygen atoms in total. The standard InChI is InChI=1S/C17H17NO2/c18-9-8-12-4-3-5-13(10-12)17(19)15-11-20-16-7-2-1-6-14(15)16/h1-7,10-11,17,19H,8-9,18H2. The topological polar surface area (TPSA) is 59.4 Å². The zero-order chi connectivity index (χ0) is 13.9. The van der Waals surface area contributed by atoms with Crippen molar-refractivity contribution < 1.29 is 9.52 Å². The minimum atomic E-state index is -0.684. The van der Waals surface area contributed by atoms with Gasteiger partial charge in [0.05, 0.1) is 6.26 Å². The fourth-order valence-corrected chi connectivity index (χ4v) is 2.48. The number of para-hydroxylation sites is 1. The van der Waals surface area contributed by atoms with Crippen LogP contribution in [0, 0.1) is 0 Å². The van der Waals surface area contributed by atoms with E-state index in [1.54, 1.807) is 6.26 Å². The van der Waals surface area contributed by atoms with Gasteiger partial charge in [-0.05, 0) is 30.2 Å². The number of benzene rings is 2. The van der Waals surface area contributed by atoms with E-state index in [9.17, 15) is 5.11 Å². The third-order valence-corrected chi connectivity index (χ3v) is 3.51. The molecule has 102 valence electrons. The van der Waals surface area contributed by atoms with E-state index >= 15 is 0 Å². The van der Waals surface area contributed by atoms with Crippen LogP contribution in [0.3, 0.4) is 0 Å². The molecule has 3 aromatic rings. The van der Waals surface area contributed by atoms with Gasteiger partial charge in [-0.15, -0.1) is 0 Å². The number of aliphatic hydroxyl groups is 1. The largest absolute Gasteiger partial charge is 0.464 e. The highest BCUT2D eigenvalue weighted by atomic mass is 16.3. The van der Waals surface area contributed by atoms with Gasteiger partial charge in [0.15, 0.2) is 0 Å². The van der Waals surface area contributed by atoms with Crippen LogP contribution >= 0.6 is 0 Å². The van der Waals surface area contributed by atoms with E-state index in [0.29, 0.717) is 6.54 Å². The van der Waals surface area contributed by atoms with E-state index in [1.165, 1.54) is 0 Å². The molecule has 20 heavy (non-hydrogen) atoms. The molecule has 0 saturated carbocycles. The van der Waals surface area contributed by atoms with Gasteiger partial charge >= 0.3 is 0 Å². The second-order valence-corrected chi connectivity index (χ2v) is 4.87. The van der Waals surface area contributed by atoms with Crippen LogP contribution in [-0.2, 0) is 6.42 Å². The fourth-order valence-electron chi connectivity index (χ4n) is 2.48. The van der Waals surface area contributed by atoms with Crippen molar-refractivity contribution in [3.05, 3.63) is 71.5 Å². The van der Waals surface area contributed by atoms with Gasteiger partial charge in [0.2, 0.25) is 0 Å². The first-order chi connectivity index (χ1) is 9.79. The summed E-state index contributed by atoms with van der Waals surface area (Å²) in [6.45, 7) is 0.605. The highest BCUT2D eigenvalue weighted by Crippen LogP contribution is 2.30. The molecule has 0 saturated heterocycles. The summed E-state index contributed by atoms with van der Waals surface area (Å²) < 4.78 is 5.49. The first-order valence-corrected chi connectivity index (χ1v) is 6.72. The van der Waals surface area contributed by atoms with Crippen molar-refractivity contribution in [2.45, 2.75) is 12.5 Å². The van der Waals surface area contributed by atoms with Gasteiger partial charge in [-0.1, -0.05) is 42.5 Å². The molecule has 3 rings (SSSR count).